The van der Waals surface area contributed by atoms with Crippen LogP contribution in [0.3, 0.4) is 0 Å². The standard InChI is InChI=1S/C20H30N2O/c23-20(14-13-17-9-3-1-4-10-17)21-18-11-5-6-12-19(18)22-15-7-2-8-16-22/h5-6,11-12,17H,1-4,7-10,13-16H2,(H,21,23). The van der Waals surface area contributed by atoms with E-state index in [9.17, 15) is 4.79 Å². The molecule has 3 heteroatoms. The molecule has 0 bridgehead atoms. The Balaban J connectivity index is 1.55. The summed E-state index contributed by atoms with van der Waals surface area (Å²) in [5.74, 6) is 0.951. The monoisotopic (exact) mass is 314 g/mol. The van der Waals surface area contributed by atoms with Crippen LogP contribution in [0.25, 0.3) is 0 Å². The van der Waals surface area contributed by atoms with Crippen molar-refractivity contribution in [1.29, 1.82) is 0 Å². The summed E-state index contributed by atoms with van der Waals surface area (Å²) in [7, 11) is 0. The van der Waals surface area contributed by atoms with E-state index in [4.69, 9.17) is 0 Å². The molecule has 1 amide bonds. The molecule has 0 atom stereocenters. The van der Waals surface area contributed by atoms with Crippen LogP contribution in [0.1, 0.15) is 64.2 Å². The molecule has 0 aromatic heterocycles. The highest BCUT2D eigenvalue weighted by Crippen LogP contribution is 2.30. The first-order chi connectivity index (χ1) is 11.3. The second-order valence-electron chi connectivity index (χ2n) is 7.16. The summed E-state index contributed by atoms with van der Waals surface area (Å²) in [4.78, 5) is 14.8. The van der Waals surface area contributed by atoms with Crippen LogP contribution >= 0.6 is 0 Å². The van der Waals surface area contributed by atoms with Crippen LogP contribution < -0.4 is 10.2 Å². The summed E-state index contributed by atoms with van der Waals surface area (Å²) in [6.07, 6.45) is 12.3. The number of carbonyl (C=O) groups excluding carboxylic acids is 1. The highest BCUT2D eigenvalue weighted by molar-refractivity contribution is 5.94. The van der Waals surface area contributed by atoms with E-state index in [-0.39, 0.29) is 5.91 Å². The van der Waals surface area contributed by atoms with Gasteiger partial charge in [-0.3, -0.25) is 4.79 Å². The molecule has 3 nitrogen and oxygen atoms in total. The molecule has 1 aromatic carbocycles. The van der Waals surface area contributed by atoms with Gasteiger partial charge in [-0.05, 0) is 43.7 Å². The summed E-state index contributed by atoms with van der Waals surface area (Å²) in [6, 6.07) is 8.27. The van der Waals surface area contributed by atoms with E-state index in [0.29, 0.717) is 6.42 Å². The second-order valence-corrected chi connectivity index (χ2v) is 7.16. The number of hydrogen-bond donors (Lipinski definition) is 1. The summed E-state index contributed by atoms with van der Waals surface area (Å²) >= 11 is 0. The van der Waals surface area contributed by atoms with Crippen molar-refractivity contribution >= 4 is 17.3 Å². The Bertz CT molecular complexity index is 502. The SMILES string of the molecule is O=C(CCC1CCCCC1)Nc1ccccc1N1CCCCC1. The molecule has 1 aliphatic heterocycles. The molecule has 1 aliphatic carbocycles. The van der Waals surface area contributed by atoms with Crippen LogP contribution in [0.5, 0.6) is 0 Å². The van der Waals surface area contributed by atoms with Crippen molar-refractivity contribution in [2.75, 3.05) is 23.3 Å². The number of anilines is 2. The molecule has 1 saturated carbocycles. The number of amides is 1. The fourth-order valence-electron chi connectivity index (χ4n) is 4.01. The molecule has 2 aliphatic rings. The van der Waals surface area contributed by atoms with E-state index in [2.05, 4.69) is 22.3 Å². The van der Waals surface area contributed by atoms with Crippen molar-refractivity contribution in [2.24, 2.45) is 5.92 Å². The third kappa shape index (κ3) is 4.73. The maximum Gasteiger partial charge on any atom is 0.224 e. The topological polar surface area (TPSA) is 32.3 Å². The highest BCUT2D eigenvalue weighted by Gasteiger charge is 2.17. The Morgan fingerprint density at radius 1 is 1.00 bits per heavy atom. The first kappa shape index (κ1) is 16.4. The fraction of sp³-hybridized carbons (Fsp3) is 0.650. The molecular weight excluding hydrogens is 284 g/mol. The number of rotatable bonds is 5. The molecule has 2 fully saturated rings. The van der Waals surface area contributed by atoms with Crippen molar-refractivity contribution in [1.82, 2.24) is 0 Å². The van der Waals surface area contributed by atoms with Gasteiger partial charge in [0, 0.05) is 19.5 Å². The second kappa shape index (κ2) is 8.37. The van der Waals surface area contributed by atoms with Gasteiger partial charge in [-0.25, -0.2) is 0 Å². The van der Waals surface area contributed by atoms with Crippen LogP contribution in [0.15, 0.2) is 24.3 Å². The largest absolute Gasteiger partial charge is 0.370 e. The minimum Gasteiger partial charge on any atom is -0.370 e. The summed E-state index contributed by atoms with van der Waals surface area (Å²) in [6.45, 7) is 2.21. The zero-order chi connectivity index (χ0) is 15.9. The average Bonchev–Trinajstić information content (AvgIpc) is 2.62. The Kier molecular flexibility index (Phi) is 5.95. The van der Waals surface area contributed by atoms with Gasteiger partial charge < -0.3 is 10.2 Å². The van der Waals surface area contributed by atoms with Gasteiger partial charge in [0.1, 0.15) is 0 Å². The van der Waals surface area contributed by atoms with E-state index in [1.54, 1.807) is 0 Å². The van der Waals surface area contributed by atoms with Crippen LogP contribution in [-0.2, 0) is 4.79 Å². The molecule has 1 saturated heterocycles. The minimum atomic E-state index is 0.181. The van der Waals surface area contributed by atoms with Crippen molar-refractivity contribution in [3.8, 4) is 0 Å². The maximum atomic E-state index is 12.4. The quantitative estimate of drug-likeness (QED) is 0.831. The van der Waals surface area contributed by atoms with E-state index in [1.807, 2.05) is 12.1 Å². The highest BCUT2D eigenvalue weighted by atomic mass is 16.1. The lowest BCUT2D eigenvalue weighted by Crippen LogP contribution is -2.30. The lowest BCUT2D eigenvalue weighted by Gasteiger charge is -2.30. The number of nitrogens with one attached hydrogen (secondary N) is 1. The number of benzene rings is 1. The Morgan fingerprint density at radius 3 is 2.48 bits per heavy atom. The van der Waals surface area contributed by atoms with Crippen molar-refractivity contribution in [2.45, 2.75) is 64.2 Å². The molecule has 0 unspecified atom stereocenters. The average molecular weight is 314 g/mol. The van der Waals surface area contributed by atoms with Crippen molar-refractivity contribution < 1.29 is 4.79 Å². The Morgan fingerprint density at radius 2 is 1.70 bits per heavy atom. The first-order valence-electron chi connectivity index (χ1n) is 9.47. The van der Waals surface area contributed by atoms with Gasteiger partial charge in [-0.15, -0.1) is 0 Å². The first-order valence-corrected chi connectivity index (χ1v) is 9.47. The minimum absolute atomic E-state index is 0.181. The van der Waals surface area contributed by atoms with Gasteiger partial charge in [0.2, 0.25) is 5.91 Å². The fourth-order valence-corrected chi connectivity index (χ4v) is 4.01. The molecule has 0 spiro atoms. The molecule has 23 heavy (non-hydrogen) atoms. The Hall–Kier alpha value is -1.51. The van der Waals surface area contributed by atoms with Gasteiger partial charge in [-0.2, -0.15) is 0 Å². The number of carbonyl (C=O) groups is 1. The van der Waals surface area contributed by atoms with E-state index in [1.165, 1.54) is 57.1 Å². The predicted octanol–water partition coefficient (Wildman–Crippen LogP) is 4.98. The summed E-state index contributed by atoms with van der Waals surface area (Å²) in [5.41, 5.74) is 2.18. The molecule has 126 valence electrons. The van der Waals surface area contributed by atoms with Gasteiger partial charge in [-0.1, -0.05) is 44.2 Å². The third-order valence-corrected chi connectivity index (χ3v) is 5.38. The number of nitrogens with zero attached hydrogens (tertiary/aromatic N) is 1. The molecular formula is C20H30N2O. The van der Waals surface area contributed by atoms with Crippen LogP contribution in [0.2, 0.25) is 0 Å². The zero-order valence-electron chi connectivity index (χ0n) is 14.2. The third-order valence-electron chi connectivity index (χ3n) is 5.38. The van der Waals surface area contributed by atoms with Crippen LogP contribution in [0.4, 0.5) is 11.4 Å². The molecule has 1 N–H and O–H groups in total. The van der Waals surface area contributed by atoms with E-state index < -0.39 is 0 Å². The van der Waals surface area contributed by atoms with E-state index in [0.717, 1.165) is 31.1 Å². The molecule has 1 heterocycles. The van der Waals surface area contributed by atoms with Gasteiger partial charge in [0.25, 0.3) is 0 Å². The number of hydrogen-bond acceptors (Lipinski definition) is 2. The van der Waals surface area contributed by atoms with Gasteiger partial charge in [0.05, 0.1) is 11.4 Å². The van der Waals surface area contributed by atoms with E-state index >= 15 is 0 Å². The summed E-state index contributed by atoms with van der Waals surface area (Å²) in [5, 5.41) is 3.17. The predicted molar refractivity (Wildman–Crippen MR) is 96.9 cm³/mol. The van der Waals surface area contributed by atoms with Crippen LogP contribution in [0, 0.1) is 5.92 Å². The normalized spacial score (nSPS) is 19.6. The van der Waals surface area contributed by atoms with Crippen molar-refractivity contribution in [3.05, 3.63) is 24.3 Å². The smallest absolute Gasteiger partial charge is 0.224 e. The molecule has 0 radical (unpaired) electrons. The lowest BCUT2D eigenvalue weighted by molar-refractivity contribution is -0.116. The number of piperidine rings is 1. The lowest BCUT2D eigenvalue weighted by atomic mass is 9.86. The number of para-hydroxylation sites is 2. The van der Waals surface area contributed by atoms with Gasteiger partial charge in [0.15, 0.2) is 0 Å². The van der Waals surface area contributed by atoms with Crippen LogP contribution in [-0.4, -0.2) is 19.0 Å². The Labute approximate surface area is 140 Å². The van der Waals surface area contributed by atoms with Crippen molar-refractivity contribution in [3.63, 3.8) is 0 Å². The maximum absolute atomic E-state index is 12.4. The molecule has 1 aromatic rings. The zero-order valence-corrected chi connectivity index (χ0v) is 14.2. The van der Waals surface area contributed by atoms with Gasteiger partial charge >= 0.3 is 0 Å². The molecule has 3 rings (SSSR count). The summed E-state index contributed by atoms with van der Waals surface area (Å²) < 4.78 is 0.